The first-order chi connectivity index (χ1) is 11.4. The molecular weight excluding hydrogens is 308 g/mol. The Kier molecular flexibility index (Phi) is 8.06. The van der Waals surface area contributed by atoms with Gasteiger partial charge in [-0.1, -0.05) is 17.9 Å². The number of amides is 2. The molecule has 1 aromatic carbocycles. The minimum Gasteiger partial charge on any atom is -0.481 e. The van der Waals surface area contributed by atoms with Gasteiger partial charge in [0.05, 0.1) is 6.42 Å². The Morgan fingerprint density at radius 3 is 2.62 bits per heavy atom. The second-order valence-corrected chi connectivity index (χ2v) is 5.42. The molecule has 2 amide bonds. The molecule has 0 aliphatic rings. The predicted molar refractivity (Wildman–Crippen MR) is 90.5 cm³/mol. The van der Waals surface area contributed by atoms with Crippen LogP contribution in [0.2, 0.25) is 0 Å². The summed E-state index contributed by atoms with van der Waals surface area (Å²) in [5, 5.41) is 11.1. The molecule has 0 aliphatic heterocycles. The van der Waals surface area contributed by atoms with Gasteiger partial charge in [-0.25, -0.2) is 0 Å². The van der Waals surface area contributed by atoms with E-state index in [1.54, 1.807) is 43.3 Å². The number of carboxylic acids is 1. The van der Waals surface area contributed by atoms with Gasteiger partial charge in [0.25, 0.3) is 5.91 Å². The maximum absolute atomic E-state index is 11.9. The van der Waals surface area contributed by atoms with Crippen molar-refractivity contribution >= 4 is 17.8 Å². The zero-order valence-electron chi connectivity index (χ0n) is 14.0. The van der Waals surface area contributed by atoms with Crippen LogP contribution in [0.15, 0.2) is 24.3 Å². The van der Waals surface area contributed by atoms with Gasteiger partial charge in [-0.05, 0) is 24.6 Å². The lowest BCUT2D eigenvalue weighted by Crippen LogP contribution is -2.25. The number of aliphatic carboxylic acids is 1. The van der Waals surface area contributed by atoms with Gasteiger partial charge in [-0.3, -0.25) is 14.4 Å². The summed E-state index contributed by atoms with van der Waals surface area (Å²) in [5.41, 5.74) is 1.15. The summed E-state index contributed by atoms with van der Waals surface area (Å²) in [7, 11) is 3.45. The quantitative estimate of drug-likeness (QED) is 0.586. The molecule has 0 unspecified atom stereocenters. The fraction of sp³-hybridized carbons (Fsp3) is 0.389. The Balaban J connectivity index is 2.51. The lowest BCUT2D eigenvalue weighted by Gasteiger charge is -2.08. The van der Waals surface area contributed by atoms with Gasteiger partial charge in [0.1, 0.15) is 0 Å². The van der Waals surface area contributed by atoms with Crippen LogP contribution >= 0.6 is 0 Å². The zero-order valence-corrected chi connectivity index (χ0v) is 14.0. The highest BCUT2D eigenvalue weighted by atomic mass is 16.4. The van der Waals surface area contributed by atoms with Crippen LogP contribution in [-0.4, -0.2) is 48.4 Å². The van der Waals surface area contributed by atoms with Gasteiger partial charge < -0.3 is 15.3 Å². The minimum absolute atomic E-state index is 0.0804. The molecule has 0 aromatic heterocycles. The number of carboxylic acid groups (broad SMARTS) is 1. The van der Waals surface area contributed by atoms with Gasteiger partial charge in [0.2, 0.25) is 5.91 Å². The van der Waals surface area contributed by atoms with E-state index < -0.39 is 5.97 Å². The van der Waals surface area contributed by atoms with Crippen molar-refractivity contribution in [3.8, 4) is 11.8 Å². The second-order valence-electron chi connectivity index (χ2n) is 5.42. The molecule has 0 radical (unpaired) electrons. The summed E-state index contributed by atoms with van der Waals surface area (Å²) < 4.78 is 0. The van der Waals surface area contributed by atoms with E-state index >= 15 is 0 Å². The van der Waals surface area contributed by atoms with Crippen molar-refractivity contribution in [2.24, 2.45) is 0 Å². The number of nitrogens with zero attached hydrogens (tertiary/aromatic N) is 1. The maximum atomic E-state index is 11.9. The molecular formula is C18H22N2O4. The number of carbonyl (C=O) groups is 3. The average molecular weight is 330 g/mol. The molecule has 0 saturated heterocycles. The Morgan fingerprint density at radius 2 is 1.96 bits per heavy atom. The van der Waals surface area contributed by atoms with E-state index in [0.717, 1.165) is 0 Å². The van der Waals surface area contributed by atoms with Crippen LogP contribution in [0, 0.1) is 11.8 Å². The number of carbonyl (C=O) groups excluding carboxylic acids is 2. The van der Waals surface area contributed by atoms with Crippen molar-refractivity contribution in [1.29, 1.82) is 0 Å². The van der Waals surface area contributed by atoms with Gasteiger partial charge in [-0.15, -0.1) is 0 Å². The van der Waals surface area contributed by atoms with Crippen LogP contribution in [-0.2, 0) is 9.59 Å². The van der Waals surface area contributed by atoms with Crippen LogP contribution in [0.5, 0.6) is 0 Å². The average Bonchev–Trinajstić information content (AvgIpc) is 2.54. The summed E-state index contributed by atoms with van der Waals surface area (Å²) in [6.07, 6.45) is 1.65. The van der Waals surface area contributed by atoms with Gasteiger partial charge in [0.15, 0.2) is 0 Å². The van der Waals surface area contributed by atoms with Crippen molar-refractivity contribution < 1.29 is 19.5 Å². The normalized spacial score (nSPS) is 9.58. The number of unbranched alkanes of at least 4 members (excludes halogenated alkanes) is 1. The molecule has 0 bridgehead atoms. The second kappa shape index (κ2) is 10.1. The molecule has 1 aromatic rings. The molecule has 0 atom stereocenters. The van der Waals surface area contributed by atoms with E-state index in [0.29, 0.717) is 30.4 Å². The van der Waals surface area contributed by atoms with E-state index in [9.17, 15) is 14.4 Å². The highest BCUT2D eigenvalue weighted by Crippen LogP contribution is 2.05. The molecule has 6 heteroatoms. The molecule has 0 aliphatic carbocycles. The van der Waals surface area contributed by atoms with Crippen LogP contribution < -0.4 is 5.32 Å². The van der Waals surface area contributed by atoms with Crippen molar-refractivity contribution in [3.63, 3.8) is 0 Å². The molecule has 0 fully saturated rings. The van der Waals surface area contributed by atoms with Gasteiger partial charge in [-0.2, -0.15) is 0 Å². The van der Waals surface area contributed by atoms with Crippen LogP contribution in [0.3, 0.4) is 0 Å². The third-order valence-electron chi connectivity index (χ3n) is 3.17. The fourth-order valence-electron chi connectivity index (χ4n) is 1.84. The topological polar surface area (TPSA) is 86.7 Å². The number of rotatable bonds is 7. The molecule has 6 nitrogen and oxygen atoms in total. The molecule has 24 heavy (non-hydrogen) atoms. The Morgan fingerprint density at radius 1 is 1.21 bits per heavy atom. The monoisotopic (exact) mass is 330 g/mol. The predicted octanol–water partition coefficient (Wildman–Crippen LogP) is 1.50. The Bertz CT molecular complexity index is 656. The summed E-state index contributed by atoms with van der Waals surface area (Å²) in [6, 6.07) is 6.84. The number of hydrogen-bond acceptors (Lipinski definition) is 3. The van der Waals surface area contributed by atoms with Crippen LogP contribution in [0.4, 0.5) is 0 Å². The molecule has 128 valence electrons. The number of hydrogen-bond donors (Lipinski definition) is 2. The Hall–Kier alpha value is -2.81. The Labute approximate surface area is 141 Å². The van der Waals surface area contributed by atoms with Crippen molar-refractivity contribution in [1.82, 2.24) is 10.2 Å². The van der Waals surface area contributed by atoms with Crippen molar-refractivity contribution in [2.75, 3.05) is 20.6 Å². The first-order valence-electron chi connectivity index (χ1n) is 7.69. The van der Waals surface area contributed by atoms with E-state index in [1.807, 2.05) is 0 Å². The molecule has 0 spiro atoms. The van der Waals surface area contributed by atoms with Gasteiger partial charge in [0, 0.05) is 44.6 Å². The standard InChI is InChI=1S/C18H22N2O4/c1-20(2)16(21)10-5-3-4-7-14-8-6-9-15(13-14)18(24)19-12-11-17(22)23/h6,8-9,13H,3,5,10-12H2,1-2H3,(H,19,24)(H,22,23). The molecule has 0 saturated carbocycles. The fourth-order valence-corrected chi connectivity index (χ4v) is 1.84. The summed E-state index contributed by atoms with van der Waals surface area (Å²) >= 11 is 0. The van der Waals surface area contributed by atoms with Crippen molar-refractivity contribution in [3.05, 3.63) is 35.4 Å². The highest BCUT2D eigenvalue weighted by Gasteiger charge is 2.06. The number of benzene rings is 1. The van der Waals surface area contributed by atoms with E-state index in [2.05, 4.69) is 17.2 Å². The first-order valence-corrected chi connectivity index (χ1v) is 7.69. The molecule has 2 N–H and O–H groups in total. The van der Waals surface area contributed by atoms with E-state index in [4.69, 9.17) is 5.11 Å². The van der Waals surface area contributed by atoms with Crippen molar-refractivity contribution in [2.45, 2.75) is 25.7 Å². The summed E-state index contributed by atoms with van der Waals surface area (Å²) in [4.78, 5) is 35.3. The van der Waals surface area contributed by atoms with Crippen LogP contribution in [0.25, 0.3) is 0 Å². The minimum atomic E-state index is -0.956. The lowest BCUT2D eigenvalue weighted by molar-refractivity contribution is -0.136. The summed E-state index contributed by atoms with van der Waals surface area (Å²) in [5.74, 6) is 4.76. The molecule has 1 rings (SSSR count). The van der Waals surface area contributed by atoms with E-state index in [-0.39, 0.29) is 24.8 Å². The van der Waals surface area contributed by atoms with E-state index in [1.165, 1.54) is 0 Å². The lowest BCUT2D eigenvalue weighted by atomic mass is 10.1. The SMILES string of the molecule is CN(C)C(=O)CCCC#Cc1cccc(C(=O)NCCC(=O)O)c1. The zero-order chi connectivity index (χ0) is 17.9. The maximum Gasteiger partial charge on any atom is 0.305 e. The van der Waals surface area contributed by atoms with Crippen LogP contribution in [0.1, 0.15) is 41.6 Å². The largest absolute Gasteiger partial charge is 0.481 e. The highest BCUT2D eigenvalue weighted by molar-refractivity contribution is 5.94. The molecule has 0 heterocycles. The smallest absolute Gasteiger partial charge is 0.305 e. The number of nitrogens with one attached hydrogen (secondary N) is 1. The summed E-state index contributed by atoms with van der Waals surface area (Å²) in [6.45, 7) is 0.0873. The third-order valence-corrected chi connectivity index (χ3v) is 3.17. The van der Waals surface area contributed by atoms with Gasteiger partial charge >= 0.3 is 5.97 Å². The first kappa shape index (κ1) is 19.2. The third kappa shape index (κ3) is 7.45.